The SMILES string of the molecule is COC(=O)c1ccc(CN(C)CCc2cccs2)cc1F. The monoisotopic (exact) mass is 307 g/mol. The molecule has 0 aliphatic rings. The highest BCUT2D eigenvalue weighted by molar-refractivity contribution is 7.09. The maximum atomic E-state index is 13.8. The lowest BCUT2D eigenvalue weighted by molar-refractivity contribution is 0.0595. The van der Waals surface area contributed by atoms with Gasteiger partial charge in [-0.25, -0.2) is 9.18 Å². The lowest BCUT2D eigenvalue weighted by atomic mass is 10.1. The summed E-state index contributed by atoms with van der Waals surface area (Å²) in [6.45, 7) is 1.55. The van der Waals surface area contributed by atoms with Gasteiger partial charge in [0.25, 0.3) is 0 Å². The number of methoxy groups -OCH3 is 1. The fourth-order valence-electron chi connectivity index (χ4n) is 2.08. The molecule has 2 aromatic rings. The third-order valence-corrected chi connectivity index (χ3v) is 4.15. The van der Waals surface area contributed by atoms with Crippen molar-refractivity contribution in [3.63, 3.8) is 0 Å². The lowest BCUT2D eigenvalue weighted by Gasteiger charge is -2.16. The number of benzene rings is 1. The van der Waals surface area contributed by atoms with Gasteiger partial charge in [-0.05, 0) is 42.6 Å². The third kappa shape index (κ3) is 4.37. The minimum Gasteiger partial charge on any atom is -0.465 e. The molecular weight excluding hydrogens is 289 g/mol. The Kier molecular flexibility index (Phi) is 5.47. The van der Waals surface area contributed by atoms with E-state index in [2.05, 4.69) is 21.1 Å². The Balaban J connectivity index is 1.93. The van der Waals surface area contributed by atoms with Crippen LogP contribution in [0.5, 0.6) is 0 Å². The van der Waals surface area contributed by atoms with Crippen molar-refractivity contribution in [2.45, 2.75) is 13.0 Å². The van der Waals surface area contributed by atoms with E-state index in [1.807, 2.05) is 13.1 Å². The van der Waals surface area contributed by atoms with Gasteiger partial charge in [0.15, 0.2) is 0 Å². The van der Waals surface area contributed by atoms with Crippen LogP contribution in [0, 0.1) is 5.82 Å². The molecule has 0 bridgehead atoms. The highest BCUT2D eigenvalue weighted by Gasteiger charge is 2.12. The molecule has 5 heteroatoms. The topological polar surface area (TPSA) is 29.5 Å². The van der Waals surface area contributed by atoms with Crippen molar-refractivity contribution < 1.29 is 13.9 Å². The molecule has 0 unspecified atom stereocenters. The van der Waals surface area contributed by atoms with Gasteiger partial charge >= 0.3 is 5.97 Å². The molecule has 0 saturated carbocycles. The van der Waals surface area contributed by atoms with E-state index in [1.54, 1.807) is 17.4 Å². The van der Waals surface area contributed by atoms with Crippen molar-refractivity contribution in [1.29, 1.82) is 0 Å². The molecule has 1 aromatic carbocycles. The summed E-state index contributed by atoms with van der Waals surface area (Å²) in [6, 6.07) is 8.79. The molecule has 112 valence electrons. The van der Waals surface area contributed by atoms with E-state index >= 15 is 0 Å². The second-order valence-corrected chi connectivity index (χ2v) is 5.91. The molecular formula is C16H18FNO2S. The Bertz CT molecular complexity index is 598. The average Bonchev–Trinajstić information content (AvgIpc) is 2.98. The van der Waals surface area contributed by atoms with Gasteiger partial charge in [0.1, 0.15) is 5.82 Å². The van der Waals surface area contributed by atoms with E-state index in [0.29, 0.717) is 6.54 Å². The smallest absolute Gasteiger partial charge is 0.340 e. The van der Waals surface area contributed by atoms with Gasteiger partial charge in [-0.3, -0.25) is 0 Å². The predicted octanol–water partition coefficient (Wildman–Crippen LogP) is 3.35. The zero-order chi connectivity index (χ0) is 15.2. The van der Waals surface area contributed by atoms with Gasteiger partial charge in [-0.1, -0.05) is 12.1 Å². The van der Waals surface area contributed by atoms with Crippen molar-refractivity contribution in [3.05, 3.63) is 57.5 Å². The van der Waals surface area contributed by atoms with Crippen molar-refractivity contribution >= 4 is 17.3 Å². The number of esters is 1. The van der Waals surface area contributed by atoms with Crippen LogP contribution in [0.3, 0.4) is 0 Å². The first-order chi connectivity index (χ1) is 10.1. The van der Waals surface area contributed by atoms with Crippen LogP contribution in [-0.4, -0.2) is 31.6 Å². The summed E-state index contributed by atoms with van der Waals surface area (Å²) in [6.07, 6.45) is 0.983. The molecule has 0 fully saturated rings. The molecule has 0 saturated heterocycles. The maximum absolute atomic E-state index is 13.8. The zero-order valence-corrected chi connectivity index (χ0v) is 13.0. The number of ether oxygens (including phenoxy) is 1. The number of carbonyl (C=O) groups is 1. The van der Waals surface area contributed by atoms with Gasteiger partial charge < -0.3 is 9.64 Å². The molecule has 21 heavy (non-hydrogen) atoms. The van der Waals surface area contributed by atoms with Crippen molar-refractivity contribution in [2.24, 2.45) is 0 Å². The van der Waals surface area contributed by atoms with E-state index in [0.717, 1.165) is 18.5 Å². The Hall–Kier alpha value is -1.72. The number of rotatable bonds is 6. The summed E-state index contributed by atoms with van der Waals surface area (Å²) in [5, 5.41) is 2.07. The quantitative estimate of drug-likeness (QED) is 0.767. The van der Waals surface area contributed by atoms with E-state index < -0.39 is 11.8 Å². The van der Waals surface area contributed by atoms with E-state index in [-0.39, 0.29) is 5.56 Å². The fourth-order valence-corrected chi connectivity index (χ4v) is 2.78. The summed E-state index contributed by atoms with van der Waals surface area (Å²) in [7, 11) is 3.24. The molecule has 0 atom stereocenters. The average molecular weight is 307 g/mol. The van der Waals surface area contributed by atoms with Gasteiger partial charge in [0.2, 0.25) is 0 Å². The number of likely N-dealkylation sites (N-methyl/N-ethyl adjacent to an activating group) is 1. The number of nitrogens with zero attached hydrogens (tertiary/aromatic N) is 1. The Morgan fingerprint density at radius 3 is 2.81 bits per heavy atom. The van der Waals surface area contributed by atoms with Crippen LogP contribution in [-0.2, 0) is 17.7 Å². The number of halogens is 1. The second-order valence-electron chi connectivity index (χ2n) is 4.87. The zero-order valence-electron chi connectivity index (χ0n) is 12.1. The van der Waals surface area contributed by atoms with E-state index in [4.69, 9.17) is 0 Å². The molecule has 0 radical (unpaired) electrons. The first kappa shape index (κ1) is 15.7. The van der Waals surface area contributed by atoms with Gasteiger partial charge in [0, 0.05) is 18.0 Å². The van der Waals surface area contributed by atoms with Crippen LogP contribution in [0.25, 0.3) is 0 Å². The largest absolute Gasteiger partial charge is 0.465 e. The molecule has 3 nitrogen and oxygen atoms in total. The summed E-state index contributed by atoms with van der Waals surface area (Å²) in [5.41, 5.74) is 0.816. The second kappa shape index (κ2) is 7.33. The highest BCUT2D eigenvalue weighted by Crippen LogP contribution is 2.14. The minimum atomic E-state index is -0.648. The molecule has 1 heterocycles. The van der Waals surface area contributed by atoms with Crippen molar-refractivity contribution in [2.75, 3.05) is 20.7 Å². The fraction of sp³-hybridized carbons (Fsp3) is 0.312. The van der Waals surface area contributed by atoms with Gasteiger partial charge in [-0.2, -0.15) is 0 Å². The molecule has 2 rings (SSSR count). The number of carbonyl (C=O) groups excluding carboxylic acids is 1. The van der Waals surface area contributed by atoms with Crippen LogP contribution in [0.1, 0.15) is 20.8 Å². The molecule has 0 aliphatic carbocycles. The summed E-state index contributed by atoms with van der Waals surface area (Å²) < 4.78 is 18.4. The summed E-state index contributed by atoms with van der Waals surface area (Å²) in [5.74, 6) is -1.18. The number of thiophene rings is 1. The highest BCUT2D eigenvalue weighted by atomic mass is 32.1. The van der Waals surface area contributed by atoms with Crippen LogP contribution in [0.4, 0.5) is 4.39 Å². The normalized spacial score (nSPS) is 10.9. The first-order valence-corrected chi connectivity index (χ1v) is 7.56. The van der Waals surface area contributed by atoms with Crippen molar-refractivity contribution in [3.8, 4) is 0 Å². The standard InChI is InChI=1S/C16H18FNO2S/c1-18(8-7-13-4-3-9-21-13)11-12-5-6-14(15(17)10-12)16(19)20-2/h3-6,9-10H,7-8,11H2,1-2H3. The Labute approximate surface area is 128 Å². The van der Waals surface area contributed by atoms with E-state index in [9.17, 15) is 9.18 Å². The molecule has 1 aromatic heterocycles. The van der Waals surface area contributed by atoms with Gasteiger partial charge in [-0.15, -0.1) is 11.3 Å². The van der Waals surface area contributed by atoms with E-state index in [1.165, 1.54) is 24.1 Å². The number of hydrogen-bond acceptors (Lipinski definition) is 4. The van der Waals surface area contributed by atoms with Crippen molar-refractivity contribution in [1.82, 2.24) is 4.90 Å². The van der Waals surface area contributed by atoms with Crippen LogP contribution in [0.15, 0.2) is 35.7 Å². The summed E-state index contributed by atoms with van der Waals surface area (Å²) in [4.78, 5) is 14.8. The Morgan fingerprint density at radius 1 is 1.38 bits per heavy atom. The first-order valence-electron chi connectivity index (χ1n) is 6.68. The maximum Gasteiger partial charge on any atom is 0.340 e. The van der Waals surface area contributed by atoms with Crippen LogP contribution in [0.2, 0.25) is 0 Å². The van der Waals surface area contributed by atoms with Crippen LogP contribution >= 0.6 is 11.3 Å². The van der Waals surface area contributed by atoms with Crippen LogP contribution < -0.4 is 0 Å². The third-order valence-electron chi connectivity index (χ3n) is 3.21. The molecule has 0 aliphatic heterocycles. The lowest BCUT2D eigenvalue weighted by Crippen LogP contribution is -2.20. The predicted molar refractivity (Wildman–Crippen MR) is 82.1 cm³/mol. The van der Waals surface area contributed by atoms with Gasteiger partial charge in [0.05, 0.1) is 12.7 Å². The molecule has 0 N–H and O–H groups in total. The molecule has 0 amide bonds. The Morgan fingerprint density at radius 2 is 2.19 bits per heavy atom. The number of hydrogen-bond donors (Lipinski definition) is 0. The molecule has 0 spiro atoms. The summed E-state index contributed by atoms with van der Waals surface area (Å²) >= 11 is 1.74. The minimum absolute atomic E-state index is 0.0255.